The second-order valence-electron chi connectivity index (χ2n) is 4.10. The van der Waals surface area contributed by atoms with Gasteiger partial charge in [-0.25, -0.2) is 8.78 Å². The molecule has 0 aliphatic carbocycles. The lowest BCUT2D eigenvalue weighted by Crippen LogP contribution is -2.12. The molecule has 0 N–H and O–H groups in total. The van der Waals surface area contributed by atoms with Crippen LogP contribution in [-0.4, -0.2) is 31.1 Å². The number of thioether (sulfide) groups is 1. The first-order valence-corrected chi connectivity index (χ1v) is 7.57. The molecule has 106 valence electrons. The van der Waals surface area contributed by atoms with E-state index in [0.717, 1.165) is 11.8 Å². The highest BCUT2D eigenvalue weighted by molar-refractivity contribution is 7.98. The third kappa shape index (κ3) is 4.91. The molecule has 0 aliphatic heterocycles. The van der Waals surface area contributed by atoms with Gasteiger partial charge in [0.25, 0.3) is 0 Å². The van der Waals surface area contributed by atoms with Gasteiger partial charge < -0.3 is 4.74 Å². The van der Waals surface area contributed by atoms with Crippen LogP contribution in [0, 0.1) is 18.6 Å². The third-order valence-electron chi connectivity index (χ3n) is 2.67. The topological polar surface area (TPSA) is 21.6 Å². The summed E-state index contributed by atoms with van der Waals surface area (Å²) in [4.78, 5) is 4.18. The fraction of sp³-hybridized carbons (Fsp3) is 0.500. The number of halogens is 2. The predicted octanol–water partition coefficient (Wildman–Crippen LogP) is 3.81. The summed E-state index contributed by atoms with van der Waals surface area (Å²) in [6, 6.07) is 2.66. The number of nitrogens with zero attached hydrogens (tertiary/aromatic N) is 1. The largest absolute Gasteiger partial charge is 0.356 e. The van der Waals surface area contributed by atoms with Gasteiger partial charge in [-0.15, -0.1) is 0 Å². The summed E-state index contributed by atoms with van der Waals surface area (Å²) in [6.07, 6.45) is 3.75. The number of aliphatic imine (C=N–C) groups is 1. The molecule has 1 aromatic carbocycles. The van der Waals surface area contributed by atoms with Gasteiger partial charge in [0.05, 0.1) is 6.61 Å². The van der Waals surface area contributed by atoms with E-state index in [9.17, 15) is 8.78 Å². The highest BCUT2D eigenvalue weighted by atomic mass is 32.2. The minimum absolute atomic E-state index is 0.187. The van der Waals surface area contributed by atoms with Crippen molar-refractivity contribution >= 4 is 18.0 Å². The minimum atomic E-state index is -0.859. The fourth-order valence-corrected chi connectivity index (χ4v) is 1.78. The van der Waals surface area contributed by atoms with Gasteiger partial charge in [-0.3, -0.25) is 4.99 Å². The van der Waals surface area contributed by atoms with E-state index >= 15 is 0 Å². The molecule has 1 unspecified atom stereocenters. The molecule has 0 bridgehead atoms. The average molecular weight is 287 g/mol. The lowest BCUT2D eigenvalue weighted by Gasteiger charge is -2.11. The third-order valence-corrected chi connectivity index (χ3v) is 3.24. The van der Waals surface area contributed by atoms with Crippen molar-refractivity contribution in [2.45, 2.75) is 26.5 Å². The summed E-state index contributed by atoms with van der Waals surface area (Å²) in [5.41, 5.74) is 0.841. The number of benzene rings is 1. The van der Waals surface area contributed by atoms with Crippen LogP contribution in [0.1, 0.15) is 24.5 Å². The highest BCUT2D eigenvalue weighted by Crippen LogP contribution is 2.15. The van der Waals surface area contributed by atoms with Crippen LogP contribution in [0.4, 0.5) is 8.78 Å². The van der Waals surface area contributed by atoms with Crippen molar-refractivity contribution in [3.8, 4) is 0 Å². The molecule has 1 aromatic rings. The molecule has 0 saturated carbocycles. The second kappa shape index (κ2) is 8.27. The number of hydrogen-bond donors (Lipinski definition) is 0. The Hall–Kier alpha value is -0.940. The predicted molar refractivity (Wildman–Crippen MR) is 77.1 cm³/mol. The van der Waals surface area contributed by atoms with Crippen molar-refractivity contribution in [1.82, 2.24) is 0 Å². The lowest BCUT2D eigenvalue weighted by molar-refractivity contribution is 0.0694. The summed E-state index contributed by atoms with van der Waals surface area (Å²) in [5.74, 6) is -0.828. The fourth-order valence-electron chi connectivity index (χ4n) is 1.51. The molecule has 0 aliphatic rings. The SMILES string of the molecule is CCC(N=Cc1c(C)ccc(F)c1F)OCCSC. The Morgan fingerprint density at radius 2 is 2.16 bits per heavy atom. The molecule has 0 amide bonds. The second-order valence-corrected chi connectivity index (χ2v) is 5.08. The van der Waals surface area contributed by atoms with Crippen molar-refractivity contribution in [2.24, 2.45) is 4.99 Å². The smallest absolute Gasteiger partial charge is 0.167 e. The standard InChI is InChI=1S/C14H19F2NOS/c1-4-13(18-7-8-19-3)17-9-11-10(2)5-6-12(15)14(11)16/h5-6,9,13H,4,7-8H2,1-3H3. The number of hydrogen-bond acceptors (Lipinski definition) is 3. The Balaban J connectivity index is 2.76. The summed E-state index contributed by atoms with van der Waals surface area (Å²) < 4.78 is 32.3. The molecule has 1 rings (SSSR count). The first-order chi connectivity index (χ1) is 9.10. The summed E-state index contributed by atoms with van der Waals surface area (Å²) in [7, 11) is 0. The molecule has 5 heteroatoms. The Labute approximate surface area is 117 Å². The van der Waals surface area contributed by atoms with Gasteiger partial charge in [0, 0.05) is 17.5 Å². The molecule has 0 fully saturated rings. The zero-order valence-corrected chi connectivity index (χ0v) is 12.3. The molecule has 0 radical (unpaired) electrons. The van der Waals surface area contributed by atoms with E-state index in [1.54, 1.807) is 18.7 Å². The van der Waals surface area contributed by atoms with Gasteiger partial charge >= 0.3 is 0 Å². The van der Waals surface area contributed by atoms with E-state index in [0.29, 0.717) is 18.6 Å². The molecule has 0 spiro atoms. The molecule has 0 saturated heterocycles. The zero-order valence-electron chi connectivity index (χ0n) is 11.5. The van der Waals surface area contributed by atoms with Gasteiger partial charge in [-0.2, -0.15) is 11.8 Å². The Morgan fingerprint density at radius 3 is 2.79 bits per heavy atom. The molecule has 2 nitrogen and oxygen atoms in total. The maximum atomic E-state index is 13.6. The van der Waals surface area contributed by atoms with Crippen LogP contribution < -0.4 is 0 Å². The van der Waals surface area contributed by atoms with Gasteiger partial charge in [-0.05, 0) is 31.2 Å². The van der Waals surface area contributed by atoms with Crippen molar-refractivity contribution < 1.29 is 13.5 Å². The highest BCUT2D eigenvalue weighted by Gasteiger charge is 2.10. The van der Waals surface area contributed by atoms with E-state index < -0.39 is 11.6 Å². The van der Waals surface area contributed by atoms with E-state index in [1.165, 1.54) is 12.3 Å². The van der Waals surface area contributed by atoms with Crippen LogP contribution in [-0.2, 0) is 4.74 Å². The van der Waals surface area contributed by atoms with Crippen molar-refractivity contribution in [3.63, 3.8) is 0 Å². The van der Waals surface area contributed by atoms with Crippen LogP contribution >= 0.6 is 11.8 Å². The first-order valence-electron chi connectivity index (χ1n) is 6.18. The van der Waals surface area contributed by atoms with E-state index in [2.05, 4.69) is 4.99 Å². The van der Waals surface area contributed by atoms with Gasteiger partial charge in [-0.1, -0.05) is 13.0 Å². The van der Waals surface area contributed by atoms with E-state index in [1.807, 2.05) is 13.2 Å². The lowest BCUT2D eigenvalue weighted by atomic mass is 10.1. The van der Waals surface area contributed by atoms with Gasteiger partial charge in [0.15, 0.2) is 11.6 Å². The van der Waals surface area contributed by atoms with Crippen molar-refractivity contribution in [3.05, 3.63) is 34.9 Å². The monoisotopic (exact) mass is 287 g/mol. The van der Waals surface area contributed by atoms with Crippen LogP contribution in [0.15, 0.2) is 17.1 Å². The maximum Gasteiger partial charge on any atom is 0.167 e. The van der Waals surface area contributed by atoms with Crippen LogP contribution in [0.2, 0.25) is 0 Å². The van der Waals surface area contributed by atoms with Crippen LogP contribution in [0.25, 0.3) is 0 Å². The molecular weight excluding hydrogens is 268 g/mol. The van der Waals surface area contributed by atoms with Crippen molar-refractivity contribution in [1.29, 1.82) is 0 Å². The normalized spacial score (nSPS) is 13.1. The summed E-state index contributed by atoms with van der Waals surface area (Å²) >= 11 is 1.69. The molecular formula is C14H19F2NOS. The average Bonchev–Trinajstić information content (AvgIpc) is 2.41. The molecule has 0 aromatic heterocycles. The summed E-state index contributed by atoms with van der Waals surface area (Å²) in [5, 5.41) is 0. The Bertz CT molecular complexity index is 438. The molecule has 0 heterocycles. The molecule has 19 heavy (non-hydrogen) atoms. The van der Waals surface area contributed by atoms with E-state index in [-0.39, 0.29) is 11.8 Å². The number of aryl methyl sites for hydroxylation is 1. The van der Waals surface area contributed by atoms with Gasteiger partial charge in [0.1, 0.15) is 6.23 Å². The number of rotatable bonds is 7. The Kier molecular flexibility index (Phi) is 7.02. The summed E-state index contributed by atoms with van der Waals surface area (Å²) in [6.45, 7) is 4.26. The van der Waals surface area contributed by atoms with Crippen molar-refractivity contribution in [2.75, 3.05) is 18.6 Å². The van der Waals surface area contributed by atoms with Crippen LogP contribution in [0.3, 0.4) is 0 Å². The Morgan fingerprint density at radius 1 is 1.42 bits per heavy atom. The maximum absolute atomic E-state index is 13.6. The molecule has 1 atom stereocenters. The first kappa shape index (κ1) is 16.1. The number of ether oxygens (including phenoxy) is 1. The zero-order chi connectivity index (χ0) is 14.3. The minimum Gasteiger partial charge on any atom is -0.356 e. The van der Waals surface area contributed by atoms with Crippen LogP contribution in [0.5, 0.6) is 0 Å². The van der Waals surface area contributed by atoms with Gasteiger partial charge in [0.2, 0.25) is 0 Å². The quantitative estimate of drug-likeness (QED) is 0.562. The van der Waals surface area contributed by atoms with E-state index in [4.69, 9.17) is 4.74 Å².